The topological polar surface area (TPSA) is 85.2 Å². The number of unbranched alkanes of at least 4 members (excludes halogenated alkanes) is 1. The molecule has 0 aromatic heterocycles. The predicted molar refractivity (Wildman–Crippen MR) is 91.4 cm³/mol. The fourth-order valence-corrected chi connectivity index (χ4v) is 2.23. The molecule has 1 rings (SSSR count). The van der Waals surface area contributed by atoms with Crippen molar-refractivity contribution in [2.45, 2.75) is 52.6 Å². The van der Waals surface area contributed by atoms with Crippen molar-refractivity contribution in [2.75, 3.05) is 19.8 Å². The highest BCUT2D eigenvalue weighted by molar-refractivity contribution is 5.89. The van der Waals surface area contributed by atoms with Crippen LogP contribution in [0.5, 0.6) is 17.2 Å². The summed E-state index contributed by atoms with van der Waals surface area (Å²) < 4.78 is 16.8. The maximum atomic E-state index is 11.2. The molecule has 1 atom stereocenters. The lowest BCUT2D eigenvalue weighted by atomic mass is 10.1. The van der Waals surface area contributed by atoms with Gasteiger partial charge < -0.3 is 24.4 Å². The van der Waals surface area contributed by atoms with Crippen molar-refractivity contribution in [3.63, 3.8) is 0 Å². The number of carbonyl (C=O) groups is 1. The summed E-state index contributed by atoms with van der Waals surface area (Å²) in [5, 5.41) is 18.8. The number of carboxylic acid groups (broad SMARTS) is 1. The number of benzene rings is 1. The predicted octanol–water partition coefficient (Wildman–Crippen LogP) is 3.50. The van der Waals surface area contributed by atoms with Crippen molar-refractivity contribution in [2.24, 2.45) is 0 Å². The van der Waals surface area contributed by atoms with Crippen LogP contribution in [0.1, 0.15) is 56.8 Å². The minimum absolute atomic E-state index is 0.0975. The minimum Gasteiger partial charge on any atom is -0.490 e. The van der Waals surface area contributed by atoms with E-state index in [0.717, 1.165) is 25.7 Å². The smallest absolute Gasteiger partial charge is 0.335 e. The summed E-state index contributed by atoms with van der Waals surface area (Å²) in [6.07, 6.45) is 2.87. The molecule has 0 saturated heterocycles. The molecule has 0 spiro atoms. The minimum atomic E-state index is -1.04. The first-order chi connectivity index (χ1) is 11.5. The molecule has 1 aromatic carbocycles. The second kappa shape index (κ2) is 10.8. The molecule has 24 heavy (non-hydrogen) atoms. The molecule has 0 bridgehead atoms. The van der Waals surface area contributed by atoms with Gasteiger partial charge in [-0.1, -0.05) is 6.92 Å². The third-order valence-corrected chi connectivity index (χ3v) is 3.52. The Labute approximate surface area is 143 Å². The van der Waals surface area contributed by atoms with Crippen LogP contribution in [0.2, 0.25) is 0 Å². The van der Waals surface area contributed by atoms with E-state index in [-0.39, 0.29) is 11.7 Å². The maximum Gasteiger partial charge on any atom is 0.335 e. The molecule has 6 heteroatoms. The van der Waals surface area contributed by atoms with Crippen molar-refractivity contribution < 1.29 is 29.2 Å². The van der Waals surface area contributed by atoms with E-state index >= 15 is 0 Å². The van der Waals surface area contributed by atoms with E-state index in [9.17, 15) is 15.0 Å². The third kappa shape index (κ3) is 6.28. The molecule has 6 nitrogen and oxygen atoms in total. The fraction of sp³-hybridized carbons (Fsp3) is 0.611. The Morgan fingerprint density at radius 3 is 2.08 bits per heavy atom. The number of aliphatic hydroxyl groups is 1. The Morgan fingerprint density at radius 1 is 1.04 bits per heavy atom. The van der Waals surface area contributed by atoms with Crippen LogP contribution in [0, 0.1) is 0 Å². The Bertz CT molecular complexity index is 487. The number of aliphatic hydroxyl groups excluding tert-OH is 1. The summed E-state index contributed by atoms with van der Waals surface area (Å²) in [6.45, 7) is 6.84. The van der Waals surface area contributed by atoms with E-state index in [1.807, 2.05) is 20.8 Å². The van der Waals surface area contributed by atoms with E-state index in [1.54, 1.807) is 0 Å². The standard InChI is InChI=1S/C18H28O6/c1-4-14(19)9-7-8-10-24-17-15(22-5-2)11-13(18(20)21)12-16(17)23-6-3/h11-12,14,19H,4-10H2,1-3H3,(H,20,21). The average Bonchev–Trinajstić information content (AvgIpc) is 2.56. The molecule has 0 aliphatic carbocycles. The normalized spacial score (nSPS) is 11.8. The zero-order chi connectivity index (χ0) is 17.9. The van der Waals surface area contributed by atoms with Crippen LogP contribution in [-0.2, 0) is 0 Å². The fourth-order valence-electron chi connectivity index (χ4n) is 2.23. The zero-order valence-electron chi connectivity index (χ0n) is 14.7. The van der Waals surface area contributed by atoms with E-state index in [0.29, 0.717) is 37.1 Å². The Morgan fingerprint density at radius 2 is 1.62 bits per heavy atom. The monoisotopic (exact) mass is 340 g/mol. The summed E-state index contributed by atoms with van der Waals surface area (Å²) in [4.78, 5) is 11.2. The number of hydrogen-bond acceptors (Lipinski definition) is 5. The maximum absolute atomic E-state index is 11.2. The van der Waals surface area contributed by atoms with Crippen LogP contribution in [-0.4, -0.2) is 42.1 Å². The van der Waals surface area contributed by atoms with Crippen LogP contribution in [0.3, 0.4) is 0 Å². The number of ether oxygens (including phenoxy) is 3. The van der Waals surface area contributed by atoms with E-state index in [4.69, 9.17) is 14.2 Å². The molecule has 0 radical (unpaired) electrons. The van der Waals surface area contributed by atoms with E-state index in [1.165, 1.54) is 12.1 Å². The largest absolute Gasteiger partial charge is 0.490 e. The highest BCUT2D eigenvalue weighted by Gasteiger charge is 2.18. The van der Waals surface area contributed by atoms with Gasteiger partial charge in [-0.15, -0.1) is 0 Å². The number of carboxylic acids is 1. The second-order valence-electron chi connectivity index (χ2n) is 5.38. The lowest BCUT2D eigenvalue weighted by Crippen LogP contribution is -2.08. The van der Waals surface area contributed by atoms with Gasteiger partial charge >= 0.3 is 5.97 Å². The van der Waals surface area contributed by atoms with Gasteiger partial charge in [-0.25, -0.2) is 4.79 Å². The van der Waals surface area contributed by atoms with Crippen molar-refractivity contribution in [3.8, 4) is 17.2 Å². The molecule has 1 aromatic rings. The van der Waals surface area contributed by atoms with E-state index < -0.39 is 5.97 Å². The highest BCUT2D eigenvalue weighted by atomic mass is 16.5. The van der Waals surface area contributed by atoms with Gasteiger partial charge in [-0.3, -0.25) is 0 Å². The molecule has 0 saturated carbocycles. The second-order valence-corrected chi connectivity index (χ2v) is 5.38. The third-order valence-electron chi connectivity index (χ3n) is 3.52. The van der Waals surface area contributed by atoms with Crippen LogP contribution >= 0.6 is 0 Å². The molecule has 0 heterocycles. The molecular weight excluding hydrogens is 312 g/mol. The summed E-state index contributed by atoms with van der Waals surface area (Å²) >= 11 is 0. The van der Waals surface area contributed by atoms with Gasteiger partial charge in [0.1, 0.15) is 0 Å². The Balaban J connectivity index is 2.83. The van der Waals surface area contributed by atoms with Gasteiger partial charge in [0.05, 0.1) is 31.5 Å². The highest BCUT2D eigenvalue weighted by Crippen LogP contribution is 2.39. The van der Waals surface area contributed by atoms with E-state index in [2.05, 4.69) is 0 Å². The molecule has 2 N–H and O–H groups in total. The van der Waals surface area contributed by atoms with Crippen molar-refractivity contribution in [3.05, 3.63) is 17.7 Å². The number of aromatic carboxylic acids is 1. The first-order valence-electron chi connectivity index (χ1n) is 8.51. The SMILES string of the molecule is CCOc1cc(C(=O)O)cc(OCC)c1OCCCCC(O)CC. The molecule has 1 unspecified atom stereocenters. The lowest BCUT2D eigenvalue weighted by molar-refractivity contribution is 0.0695. The van der Waals surface area contributed by atoms with Crippen molar-refractivity contribution >= 4 is 5.97 Å². The number of hydrogen-bond donors (Lipinski definition) is 2. The molecule has 0 aliphatic rings. The Kier molecular flexibility index (Phi) is 9.01. The van der Waals surface area contributed by atoms with Gasteiger partial charge in [0.2, 0.25) is 5.75 Å². The quantitative estimate of drug-likeness (QED) is 0.567. The summed E-state index contributed by atoms with van der Waals surface area (Å²) in [6, 6.07) is 2.90. The van der Waals surface area contributed by atoms with Crippen LogP contribution in [0.15, 0.2) is 12.1 Å². The summed E-state index contributed by atoms with van der Waals surface area (Å²) in [7, 11) is 0. The van der Waals surface area contributed by atoms with Gasteiger partial charge in [0, 0.05) is 0 Å². The van der Waals surface area contributed by atoms with Gasteiger partial charge in [-0.2, -0.15) is 0 Å². The first kappa shape index (κ1) is 20.1. The molecule has 0 amide bonds. The Hall–Kier alpha value is -1.95. The van der Waals surface area contributed by atoms with Crippen LogP contribution < -0.4 is 14.2 Å². The molecular formula is C18H28O6. The van der Waals surface area contributed by atoms with Gasteiger partial charge in [-0.05, 0) is 51.7 Å². The summed E-state index contributed by atoms with van der Waals surface area (Å²) in [5.41, 5.74) is 0.0975. The average molecular weight is 340 g/mol. The summed E-state index contributed by atoms with van der Waals surface area (Å²) in [5.74, 6) is 0.126. The van der Waals surface area contributed by atoms with Gasteiger partial charge in [0.15, 0.2) is 11.5 Å². The van der Waals surface area contributed by atoms with Crippen LogP contribution in [0.25, 0.3) is 0 Å². The number of rotatable bonds is 12. The molecule has 136 valence electrons. The lowest BCUT2D eigenvalue weighted by Gasteiger charge is -2.17. The van der Waals surface area contributed by atoms with Crippen LogP contribution in [0.4, 0.5) is 0 Å². The van der Waals surface area contributed by atoms with Crippen molar-refractivity contribution in [1.29, 1.82) is 0 Å². The van der Waals surface area contributed by atoms with Crippen molar-refractivity contribution in [1.82, 2.24) is 0 Å². The molecule has 0 aliphatic heterocycles. The van der Waals surface area contributed by atoms with Gasteiger partial charge in [0.25, 0.3) is 0 Å². The zero-order valence-corrected chi connectivity index (χ0v) is 14.7. The first-order valence-corrected chi connectivity index (χ1v) is 8.51. The molecule has 0 fully saturated rings.